The highest BCUT2D eigenvalue weighted by Gasteiger charge is 2.18. The molecule has 1 heterocycles. The van der Waals surface area contributed by atoms with Gasteiger partial charge >= 0.3 is 5.97 Å². The fraction of sp³-hybridized carbons (Fsp3) is 0.231. The Morgan fingerprint density at radius 3 is 2.55 bits per heavy atom. The number of nitrogens with zero attached hydrogens (tertiary/aromatic N) is 1. The number of esters is 1. The number of hydrogen-bond donors (Lipinski definition) is 0. The fourth-order valence-corrected chi connectivity index (χ4v) is 2.48. The van der Waals surface area contributed by atoms with E-state index in [0.29, 0.717) is 12.4 Å². The van der Waals surface area contributed by atoms with Crippen LogP contribution in [0, 0.1) is 0 Å². The summed E-state index contributed by atoms with van der Waals surface area (Å²) in [5.74, 6) is 0.802. The Morgan fingerprint density at radius 1 is 1.30 bits per heavy atom. The summed E-state index contributed by atoms with van der Waals surface area (Å²) in [6, 6.07) is 7.07. The van der Waals surface area contributed by atoms with Gasteiger partial charge in [0.25, 0.3) is 5.19 Å². The highest BCUT2D eigenvalue weighted by atomic mass is 35.5. The molecule has 0 spiro atoms. The Bertz CT molecular complexity index is 597. The van der Waals surface area contributed by atoms with Crippen molar-refractivity contribution in [3.63, 3.8) is 0 Å². The molecule has 1 aromatic heterocycles. The number of carbonyl (C=O) groups is 1. The molecule has 0 atom stereocenters. The molecule has 0 fully saturated rings. The van der Waals surface area contributed by atoms with Gasteiger partial charge in [0.15, 0.2) is 10.0 Å². The monoisotopic (exact) mass is 313 g/mol. The third kappa shape index (κ3) is 3.40. The van der Waals surface area contributed by atoms with Crippen LogP contribution in [0.25, 0.3) is 0 Å². The summed E-state index contributed by atoms with van der Waals surface area (Å²) in [6.07, 6.45) is 0. The van der Waals surface area contributed by atoms with Crippen LogP contribution in [0.1, 0.15) is 16.6 Å². The predicted octanol–water partition coefficient (Wildman–Crippen LogP) is 3.77. The second-order valence-corrected chi connectivity index (χ2v) is 4.92. The van der Waals surface area contributed by atoms with Crippen LogP contribution in [-0.4, -0.2) is 24.7 Å². The molecule has 0 amide bonds. The van der Waals surface area contributed by atoms with Crippen LogP contribution >= 0.6 is 22.9 Å². The molecule has 106 valence electrons. The zero-order valence-electron chi connectivity index (χ0n) is 10.9. The molecule has 0 saturated heterocycles. The minimum absolute atomic E-state index is 0.0720. The topological polar surface area (TPSA) is 57.7 Å². The summed E-state index contributed by atoms with van der Waals surface area (Å²) in [5, 5.41) is 0.349. The maximum absolute atomic E-state index is 11.4. The Hall–Kier alpha value is -1.79. The van der Waals surface area contributed by atoms with E-state index in [0.717, 1.165) is 17.1 Å². The highest BCUT2D eigenvalue weighted by Crippen LogP contribution is 2.32. The molecule has 0 unspecified atom stereocenters. The number of hydrogen-bond acceptors (Lipinski definition) is 6. The van der Waals surface area contributed by atoms with E-state index in [4.69, 9.17) is 21.1 Å². The van der Waals surface area contributed by atoms with Gasteiger partial charge in [-0.3, -0.25) is 0 Å². The molecule has 0 aliphatic heterocycles. The summed E-state index contributed by atoms with van der Waals surface area (Å²) in [6.45, 7) is 2.51. The number of carbonyl (C=O) groups excluding carboxylic acids is 1. The van der Waals surface area contributed by atoms with E-state index in [9.17, 15) is 4.79 Å². The number of halogens is 1. The molecule has 0 bridgehead atoms. The first-order valence-corrected chi connectivity index (χ1v) is 6.98. The van der Waals surface area contributed by atoms with E-state index in [-0.39, 0.29) is 15.2 Å². The van der Waals surface area contributed by atoms with Crippen LogP contribution in [0.4, 0.5) is 0 Å². The first-order chi connectivity index (χ1) is 9.63. The Labute approximate surface area is 125 Å². The van der Waals surface area contributed by atoms with E-state index < -0.39 is 5.97 Å². The predicted molar refractivity (Wildman–Crippen MR) is 76.1 cm³/mol. The van der Waals surface area contributed by atoms with Gasteiger partial charge in [-0.1, -0.05) is 22.9 Å². The number of thiazole rings is 1. The zero-order valence-corrected chi connectivity index (χ0v) is 12.5. The van der Waals surface area contributed by atoms with Crippen molar-refractivity contribution in [1.29, 1.82) is 0 Å². The zero-order chi connectivity index (χ0) is 14.5. The lowest BCUT2D eigenvalue weighted by molar-refractivity contribution is 0.0606. The molecule has 1 aromatic carbocycles. The lowest BCUT2D eigenvalue weighted by Gasteiger charge is -2.04. The van der Waals surface area contributed by atoms with Crippen molar-refractivity contribution < 1.29 is 19.0 Å². The van der Waals surface area contributed by atoms with E-state index in [1.807, 2.05) is 6.92 Å². The van der Waals surface area contributed by atoms with Crippen LogP contribution < -0.4 is 9.47 Å². The Morgan fingerprint density at radius 2 is 1.95 bits per heavy atom. The average Bonchev–Trinajstić information content (AvgIpc) is 2.81. The van der Waals surface area contributed by atoms with E-state index in [1.54, 1.807) is 24.3 Å². The number of methoxy groups -OCH3 is 1. The van der Waals surface area contributed by atoms with Gasteiger partial charge in [-0.05, 0) is 31.2 Å². The molecule has 0 N–H and O–H groups in total. The largest absolute Gasteiger partial charge is 0.494 e. The van der Waals surface area contributed by atoms with Crippen molar-refractivity contribution in [2.75, 3.05) is 13.7 Å². The maximum Gasteiger partial charge on any atom is 0.351 e. The lowest BCUT2D eigenvalue weighted by Crippen LogP contribution is -1.98. The van der Waals surface area contributed by atoms with Crippen molar-refractivity contribution in [1.82, 2.24) is 4.98 Å². The number of benzene rings is 1. The number of ether oxygens (including phenoxy) is 3. The molecular weight excluding hydrogens is 302 g/mol. The standard InChI is InChI=1S/C13H12ClNO4S/c1-3-18-8-4-6-9(7-5-8)19-13-15-11(14)10(20-13)12(16)17-2/h4-7H,3H2,1-2H3. The third-order valence-corrected chi connectivity index (χ3v) is 3.58. The summed E-state index contributed by atoms with van der Waals surface area (Å²) in [7, 11) is 1.28. The molecular formula is C13H12ClNO4S. The summed E-state index contributed by atoms with van der Waals surface area (Å²) in [5.41, 5.74) is 0. The van der Waals surface area contributed by atoms with Gasteiger partial charge in [0.05, 0.1) is 13.7 Å². The SMILES string of the molecule is CCOc1ccc(Oc2nc(Cl)c(C(=O)OC)s2)cc1. The number of aromatic nitrogens is 1. The summed E-state index contributed by atoms with van der Waals surface area (Å²) < 4.78 is 15.5. The molecule has 2 aromatic rings. The molecule has 20 heavy (non-hydrogen) atoms. The van der Waals surface area contributed by atoms with Gasteiger partial charge in [0.1, 0.15) is 11.5 Å². The quantitative estimate of drug-likeness (QED) is 0.786. The van der Waals surface area contributed by atoms with Crippen LogP contribution in [0.2, 0.25) is 5.15 Å². The fourth-order valence-electron chi connectivity index (χ4n) is 1.42. The summed E-state index contributed by atoms with van der Waals surface area (Å²) >= 11 is 6.88. The average molecular weight is 314 g/mol. The maximum atomic E-state index is 11.4. The van der Waals surface area contributed by atoms with E-state index in [1.165, 1.54) is 7.11 Å². The smallest absolute Gasteiger partial charge is 0.351 e. The van der Waals surface area contributed by atoms with Crippen LogP contribution in [-0.2, 0) is 4.74 Å². The van der Waals surface area contributed by atoms with Crippen LogP contribution in [0.3, 0.4) is 0 Å². The van der Waals surface area contributed by atoms with Crippen molar-refractivity contribution in [2.45, 2.75) is 6.92 Å². The third-order valence-electron chi connectivity index (χ3n) is 2.28. The second kappa shape index (κ2) is 6.58. The molecule has 0 aliphatic carbocycles. The van der Waals surface area contributed by atoms with E-state index in [2.05, 4.69) is 9.72 Å². The highest BCUT2D eigenvalue weighted by molar-refractivity contribution is 7.15. The first-order valence-electron chi connectivity index (χ1n) is 5.79. The molecule has 0 radical (unpaired) electrons. The van der Waals surface area contributed by atoms with E-state index >= 15 is 0 Å². The van der Waals surface area contributed by atoms with Crippen LogP contribution in [0.5, 0.6) is 16.7 Å². The van der Waals surface area contributed by atoms with Crippen molar-refractivity contribution in [2.24, 2.45) is 0 Å². The van der Waals surface area contributed by atoms with Gasteiger partial charge in [0, 0.05) is 0 Å². The molecule has 5 nitrogen and oxygen atoms in total. The molecule has 2 rings (SSSR count). The van der Waals surface area contributed by atoms with Crippen molar-refractivity contribution >= 4 is 28.9 Å². The van der Waals surface area contributed by atoms with Crippen molar-refractivity contribution in [3.05, 3.63) is 34.3 Å². The van der Waals surface area contributed by atoms with Gasteiger partial charge in [-0.25, -0.2) is 4.79 Å². The lowest BCUT2D eigenvalue weighted by atomic mass is 10.3. The normalized spacial score (nSPS) is 10.2. The minimum atomic E-state index is -0.533. The van der Waals surface area contributed by atoms with Crippen molar-refractivity contribution in [3.8, 4) is 16.7 Å². The van der Waals surface area contributed by atoms with Gasteiger partial charge in [-0.2, -0.15) is 4.98 Å². The van der Waals surface area contributed by atoms with Gasteiger partial charge in [-0.15, -0.1) is 0 Å². The second-order valence-electron chi connectivity index (χ2n) is 3.60. The first kappa shape index (κ1) is 14.6. The van der Waals surface area contributed by atoms with Crippen LogP contribution in [0.15, 0.2) is 24.3 Å². The Balaban J connectivity index is 2.11. The minimum Gasteiger partial charge on any atom is -0.494 e. The Kier molecular flexibility index (Phi) is 4.81. The van der Waals surface area contributed by atoms with Gasteiger partial charge in [0.2, 0.25) is 0 Å². The van der Waals surface area contributed by atoms with Gasteiger partial charge < -0.3 is 14.2 Å². The molecule has 0 saturated carbocycles. The summed E-state index contributed by atoms with van der Waals surface area (Å²) in [4.78, 5) is 15.6. The molecule has 7 heteroatoms. The number of rotatable bonds is 5. The molecule has 0 aliphatic rings.